The number of aliphatic hydroxyl groups is 1. The van der Waals surface area contributed by atoms with Crippen LogP contribution in [0.15, 0.2) is 38.9 Å². The highest BCUT2D eigenvalue weighted by Gasteiger charge is 2.25. The van der Waals surface area contributed by atoms with Crippen LogP contribution in [0.4, 0.5) is 0 Å². The summed E-state index contributed by atoms with van der Waals surface area (Å²) >= 11 is 5.03. The Labute approximate surface area is 101 Å². The van der Waals surface area contributed by atoms with Crippen molar-refractivity contribution in [1.82, 2.24) is 0 Å². The van der Waals surface area contributed by atoms with E-state index in [2.05, 4.69) is 15.9 Å². The minimum absolute atomic E-state index is 0.600. The van der Waals surface area contributed by atoms with Gasteiger partial charge in [-0.2, -0.15) is 0 Å². The Morgan fingerprint density at radius 2 is 2.40 bits per heavy atom. The van der Waals surface area contributed by atoms with Gasteiger partial charge >= 0.3 is 0 Å². The van der Waals surface area contributed by atoms with E-state index in [4.69, 9.17) is 4.42 Å². The van der Waals surface area contributed by atoms with E-state index in [1.54, 1.807) is 36.9 Å². The molecule has 2 aromatic heterocycles. The van der Waals surface area contributed by atoms with Crippen molar-refractivity contribution in [1.29, 1.82) is 0 Å². The summed E-state index contributed by atoms with van der Waals surface area (Å²) in [5, 5.41) is 12.3. The maximum atomic E-state index is 10.3. The van der Waals surface area contributed by atoms with Gasteiger partial charge in [-0.1, -0.05) is 0 Å². The van der Waals surface area contributed by atoms with E-state index in [1.807, 2.05) is 11.4 Å². The fourth-order valence-electron chi connectivity index (χ4n) is 1.46. The van der Waals surface area contributed by atoms with Gasteiger partial charge in [0.1, 0.15) is 0 Å². The molecule has 0 aliphatic rings. The molecule has 1 N–H and O–H groups in total. The number of furan rings is 1. The number of thiophene rings is 1. The molecular weight excluding hydrogens is 276 g/mol. The molecule has 2 heterocycles. The smallest absolute Gasteiger partial charge is 0.0963 e. The van der Waals surface area contributed by atoms with Crippen LogP contribution in [-0.4, -0.2) is 5.11 Å². The van der Waals surface area contributed by atoms with Crippen LogP contribution in [0.5, 0.6) is 0 Å². The lowest BCUT2D eigenvalue weighted by Crippen LogP contribution is -2.22. The van der Waals surface area contributed by atoms with Crippen LogP contribution in [0, 0.1) is 0 Å². The summed E-state index contributed by atoms with van der Waals surface area (Å²) in [6, 6.07) is 3.82. The minimum atomic E-state index is -0.864. The molecule has 15 heavy (non-hydrogen) atoms. The van der Waals surface area contributed by atoms with Crippen molar-refractivity contribution in [2.24, 2.45) is 0 Å². The highest BCUT2D eigenvalue weighted by molar-refractivity contribution is 9.10. The number of rotatable bonds is 3. The van der Waals surface area contributed by atoms with E-state index in [1.165, 1.54) is 0 Å². The molecule has 0 saturated carbocycles. The third kappa shape index (κ3) is 2.51. The van der Waals surface area contributed by atoms with Crippen LogP contribution in [0.1, 0.15) is 17.4 Å². The lowest BCUT2D eigenvalue weighted by molar-refractivity contribution is 0.0578. The summed E-state index contributed by atoms with van der Waals surface area (Å²) in [5.74, 6) is 0. The summed E-state index contributed by atoms with van der Waals surface area (Å²) in [6.07, 6.45) is 3.76. The SMILES string of the molecule is CC(O)(Cc1cc(Br)cs1)c1ccoc1. The molecule has 1 atom stereocenters. The van der Waals surface area contributed by atoms with E-state index in [0.29, 0.717) is 6.42 Å². The third-order valence-corrected chi connectivity index (χ3v) is 3.98. The van der Waals surface area contributed by atoms with Gasteiger partial charge in [-0.15, -0.1) is 11.3 Å². The molecule has 80 valence electrons. The van der Waals surface area contributed by atoms with Crippen LogP contribution in [0.3, 0.4) is 0 Å². The number of halogens is 1. The summed E-state index contributed by atoms with van der Waals surface area (Å²) in [6.45, 7) is 1.80. The van der Waals surface area contributed by atoms with Crippen LogP contribution in [0.2, 0.25) is 0 Å². The summed E-state index contributed by atoms with van der Waals surface area (Å²) in [4.78, 5) is 1.15. The van der Waals surface area contributed by atoms with Crippen molar-refractivity contribution in [2.75, 3.05) is 0 Å². The highest BCUT2D eigenvalue weighted by atomic mass is 79.9. The summed E-state index contributed by atoms with van der Waals surface area (Å²) in [5.41, 5.74) is -0.0517. The maximum Gasteiger partial charge on any atom is 0.0963 e. The van der Waals surface area contributed by atoms with Crippen molar-refractivity contribution < 1.29 is 9.52 Å². The molecule has 2 rings (SSSR count). The van der Waals surface area contributed by atoms with Gasteiger partial charge in [-0.25, -0.2) is 0 Å². The van der Waals surface area contributed by atoms with E-state index < -0.39 is 5.60 Å². The fourth-order valence-corrected chi connectivity index (χ4v) is 3.06. The first-order valence-electron chi connectivity index (χ1n) is 4.56. The van der Waals surface area contributed by atoms with Crippen LogP contribution in [0.25, 0.3) is 0 Å². The van der Waals surface area contributed by atoms with Crippen molar-refractivity contribution in [3.63, 3.8) is 0 Å². The van der Waals surface area contributed by atoms with Crippen LogP contribution < -0.4 is 0 Å². The van der Waals surface area contributed by atoms with Crippen LogP contribution in [-0.2, 0) is 12.0 Å². The summed E-state index contributed by atoms with van der Waals surface area (Å²) < 4.78 is 6.04. The van der Waals surface area contributed by atoms with E-state index >= 15 is 0 Å². The Hall–Kier alpha value is -0.580. The average Bonchev–Trinajstić information content (AvgIpc) is 2.75. The molecule has 0 aliphatic heterocycles. The number of hydrogen-bond donors (Lipinski definition) is 1. The van der Waals surface area contributed by atoms with E-state index in [-0.39, 0.29) is 0 Å². The Balaban J connectivity index is 2.18. The fraction of sp³-hybridized carbons (Fsp3) is 0.273. The Kier molecular flexibility index (Phi) is 3.00. The molecule has 0 spiro atoms. The van der Waals surface area contributed by atoms with E-state index in [9.17, 15) is 5.11 Å². The molecule has 2 aromatic rings. The molecule has 1 unspecified atom stereocenters. The van der Waals surface area contributed by atoms with Crippen molar-refractivity contribution in [3.05, 3.63) is 45.0 Å². The average molecular weight is 287 g/mol. The topological polar surface area (TPSA) is 33.4 Å². The molecule has 0 aliphatic carbocycles. The van der Waals surface area contributed by atoms with Gasteiger partial charge in [0.25, 0.3) is 0 Å². The van der Waals surface area contributed by atoms with Gasteiger partial charge in [0.2, 0.25) is 0 Å². The molecule has 2 nitrogen and oxygen atoms in total. The Bertz CT molecular complexity index is 431. The first kappa shape index (κ1) is 10.9. The van der Waals surface area contributed by atoms with E-state index in [0.717, 1.165) is 14.9 Å². The standard InChI is InChI=1S/C11H11BrO2S/c1-11(13,8-2-3-14-6-8)5-10-4-9(12)7-15-10/h2-4,6-7,13H,5H2,1H3. The second kappa shape index (κ2) is 4.12. The normalized spacial score (nSPS) is 15.1. The van der Waals surface area contributed by atoms with Gasteiger partial charge in [-0.05, 0) is 35.0 Å². The van der Waals surface area contributed by atoms with Crippen molar-refractivity contribution in [2.45, 2.75) is 18.9 Å². The second-order valence-electron chi connectivity index (χ2n) is 3.69. The molecule has 0 amide bonds. The maximum absolute atomic E-state index is 10.3. The first-order chi connectivity index (χ1) is 7.08. The Morgan fingerprint density at radius 3 is 2.93 bits per heavy atom. The summed E-state index contributed by atoms with van der Waals surface area (Å²) in [7, 11) is 0. The second-order valence-corrected chi connectivity index (χ2v) is 5.61. The highest BCUT2D eigenvalue weighted by Crippen LogP contribution is 2.29. The molecule has 0 aromatic carbocycles. The van der Waals surface area contributed by atoms with Crippen LogP contribution >= 0.6 is 27.3 Å². The zero-order valence-electron chi connectivity index (χ0n) is 8.24. The number of hydrogen-bond acceptors (Lipinski definition) is 3. The zero-order valence-corrected chi connectivity index (χ0v) is 10.6. The first-order valence-corrected chi connectivity index (χ1v) is 6.23. The van der Waals surface area contributed by atoms with Gasteiger partial charge in [-0.3, -0.25) is 0 Å². The molecule has 0 bridgehead atoms. The predicted molar refractivity (Wildman–Crippen MR) is 64.0 cm³/mol. The zero-order chi connectivity index (χ0) is 10.9. The van der Waals surface area contributed by atoms with Gasteiger partial charge in [0.15, 0.2) is 0 Å². The third-order valence-electron chi connectivity index (χ3n) is 2.28. The molecule has 0 radical (unpaired) electrons. The van der Waals surface area contributed by atoms with Gasteiger partial charge < -0.3 is 9.52 Å². The quantitative estimate of drug-likeness (QED) is 0.936. The van der Waals surface area contributed by atoms with Gasteiger partial charge in [0.05, 0.1) is 18.1 Å². The largest absolute Gasteiger partial charge is 0.472 e. The molecule has 0 fully saturated rings. The van der Waals surface area contributed by atoms with Crippen molar-refractivity contribution >= 4 is 27.3 Å². The predicted octanol–water partition coefficient (Wildman–Crippen LogP) is 3.55. The Morgan fingerprint density at radius 1 is 1.60 bits per heavy atom. The molecule has 0 saturated heterocycles. The monoisotopic (exact) mass is 286 g/mol. The lowest BCUT2D eigenvalue weighted by atomic mass is 9.94. The lowest BCUT2D eigenvalue weighted by Gasteiger charge is -2.20. The van der Waals surface area contributed by atoms with Crippen molar-refractivity contribution in [3.8, 4) is 0 Å². The molecule has 4 heteroatoms. The van der Waals surface area contributed by atoms with Gasteiger partial charge in [0, 0.05) is 26.7 Å². The minimum Gasteiger partial charge on any atom is -0.472 e. The molecular formula is C11H11BrO2S.